The fourth-order valence-electron chi connectivity index (χ4n) is 2.23. The SMILES string of the molecule is Cc1ncsc1CN(C)C(=O)N1CCCC1C(=O)O. The van der Waals surface area contributed by atoms with Gasteiger partial charge in [-0.05, 0) is 19.8 Å². The van der Waals surface area contributed by atoms with Crippen molar-refractivity contribution in [3.05, 3.63) is 16.1 Å². The molecule has 1 unspecified atom stereocenters. The summed E-state index contributed by atoms with van der Waals surface area (Å²) in [5, 5.41) is 9.09. The monoisotopic (exact) mass is 283 g/mol. The molecule has 1 N–H and O–H groups in total. The zero-order valence-electron chi connectivity index (χ0n) is 11.0. The first-order valence-corrected chi connectivity index (χ1v) is 7.02. The fourth-order valence-corrected chi connectivity index (χ4v) is 3.06. The van der Waals surface area contributed by atoms with Crippen LogP contribution in [0.3, 0.4) is 0 Å². The minimum atomic E-state index is -0.923. The molecule has 0 bridgehead atoms. The van der Waals surface area contributed by atoms with Gasteiger partial charge in [-0.25, -0.2) is 14.6 Å². The summed E-state index contributed by atoms with van der Waals surface area (Å²) in [5.41, 5.74) is 2.67. The highest BCUT2D eigenvalue weighted by Gasteiger charge is 2.35. The number of urea groups is 1. The van der Waals surface area contributed by atoms with E-state index in [9.17, 15) is 9.59 Å². The summed E-state index contributed by atoms with van der Waals surface area (Å²) in [6, 6.07) is -0.907. The van der Waals surface area contributed by atoms with Crippen LogP contribution in [0.4, 0.5) is 4.79 Å². The molecule has 2 heterocycles. The zero-order valence-corrected chi connectivity index (χ0v) is 11.8. The maximum absolute atomic E-state index is 12.3. The minimum Gasteiger partial charge on any atom is -0.480 e. The van der Waals surface area contributed by atoms with Gasteiger partial charge in [0.25, 0.3) is 0 Å². The van der Waals surface area contributed by atoms with Crippen molar-refractivity contribution in [2.75, 3.05) is 13.6 Å². The van der Waals surface area contributed by atoms with Gasteiger partial charge < -0.3 is 14.9 Å². The van der Waals surface area contributed by atoms with E-state index in [-0.39, 0.29) is 6.03 Å². The van der Waals surface area contributed by atoms with Crippen LogP contribution in [0.25, 0.3) is 0 Å². The molecule has 0 aromatic carbocycles. The van der Waals surface area contributed by atoms with Crippen molar-refractivity contribution >= 4 is 23.3 Å². The number of likely N-dealkylation sites (tertiary alicyclic amines) is 1. The predicted molar refractivity (Wildman–Crippen MR) is 71.1 cm³/mol. The first-order chi connectivity index (χ1) is 9.00. The Balaban J connectivity index is 2.03. The fraction of sp³-hybridized carbons (Fsp3) is 0.583. The maximum atomic E-state index is 12.3. The summed E-state index contributed by atoms with van der Waals surface area (Å²) < 4.78 is 0. The van der Waals surface area contributed by atoms with Crippen molar-refractivity contribution in [1.29, 1.82) is 0 Å². The van der Waals surface area contributed by atoms with Crippen LogP contribution in [-0.2, 0) is 11.3 Å². The number of hydrogen-bond donors (Lipinski definition) is 1. The molecule has 1 aliphatic heterocycles. The van der Waals surface area contributed by atoms with Gasteiger partial charge in [0, 0.05) is 18.5 Å². The third kappa shape index (κ3) is 2.86. The Morgan fingerprint density at radius 2 is 2.37 bits per heavy atom. The number of amides is 2. The summed E-state index contributed by atoms with van der Waals surface area (Å²) in [6.07, 6.45) is 1.28. The number of aliphatic carboxylic acids is 1. The van der Waals surface area contributed by atoms with Crippen molar-refractivity contribution in [2.45, 2.75) is 32.4 Å². The average molecular weight is 283 g/mol. The van der Waals surface area contributed by atoms with Gasteiger partial charge in [-0.2, -0.15) is 0 Å². The highest BCUT2D eigenvalue weighted by atomic mass is 32.1. The standard InChI is InChI=1S/C12H17N3O3S/c1-8-10(19-7-13-8)6-14(2)12(18)15-5-3-4-9(15)11(16)17/h7,9H,3-6H2,1-2H3,(H,16,17). The number of carbonyl (C=O) groups is 2. The molecular formula is C12H17N3O3S. The van der Waals surface area contributed by atoms with Crippen LogP contribution >= 0.6 is 11.3 Å². The number of carboxylic acid groups (broad SMARTS) is 1. The molecule has 0 spiro atoms. The van der Waals surface area contributed by atoms with Crippen LogP contribution in [0.2, 0.25) is 0 Å². The smallest absolute Gasteiger partial charge is 0.326 e. The molecule has 0 radical (unpaired) electrons. The maximum Gasteiger partial charge on any atom is 0.326 e. The predicted octanol–water partition coefficient (Wildman–Crippen LogP) is 1.55. The first kappa shape index (κ1) is 13.8. The van der Waals surface area contributed by atoms with Gasteiger partial charge in [0.05, 0.1) is 17.7 Å². The average Bonchev–Trinajstić information content (AvgIpc) is 2.98. The Kier molecular flexibility index (Phi) is 4.04. The molecule has 0 aliphatic carbocycles. The topological polar surface area (TPSA) is 73.7 Å². The molecule has 1 aromatic rings. The van der Waals surface area contributed by atoms with E-state index in [2.05, 4.69) is 4.98 Å². The van der Waals surface area contributed by atoms with Crippen LogP contribution in [0.5, 0.6) is 0 Å². The number of thiazole rings is 1. The molecule has 6 nitrogen and oxygen atoms in total. The number of carbonyl (C=O) groups excluding carboxylic acids is 1. The van der Waals surface area contributed by atoms with Gasteiger partial charge >= 0.3 is 12.0 Å². The Labute approximate surface area is 115 Å². The lowest BCUT2D eigenvalue weighted by molar-refractivity contribution is -0.141. The molecular weight excluding hydrogens is 266 g/mol. The molecule has 1 fully saturated rings. The van der Waals surface area contributed by atoms with Crippen LogP contribution in [0.15, 0.2) is 5.51 Å². The minimum absolute atomic E-state index is 0.224. The third-order valence-corrected chi connectivity index (χ3v) is 4.26. The van der Waals surface area contributed by atoms with Gasteiger partial charge in [-0.1, -0.05) is 0 Å². The molecule has 1 atom stereocenters. The van der Waals surface area contributed by atoms with E-state index < -0.39 is 12.0 Å². The molecule has 1 aromatic heterocycles. The van der Waals surface area contributed by atoms with Crippen LogP contribution in [-0.4, -0.2) is 51.5 Å². The van der Waals surface area contributed by atoms with Crippen LogP contribution in [0, 0.1) is 6.92 Å². The molecule has 0 saturated carbocycles. The molecule has 104 valence electrons. The van der Waals surface area contributed by atoms with Gasteiger partial charge in [0.2, 0.25) is 0 Å². The molecule has 7 heteroatoms. The lowest BCUT2D eigenvalue weighted by Crippen LogP contribution is -2.46. The number of aryl methyl sites for hydroxylation is 1. The van der Waals surface area contributed by atoms with E-state index in [1.165, 1.54) is 16.2 Å². The summed E-state index contributed by atoms with van der Waals surface area (Å²) in [6.45, 7) is 2.89. The normalized spacial score (nSPS) is 18.6. The van der Waals surface area contributed by atoms with E-state index in [0.29, 0.717) is 19.5 Å². The lowest BCUT2D eigenvalue weighted by Gasteiger charge is -2.27. The van der Waals surface area contributed by atoms with Crippen molar-refractivity contribution in [3.63, 3.8) is 0 Å². The summed E-state index contributed by atoms with van der Waals surface area (Å²) >= 11 is 1.51. The second-order valence-corrected chi connectivity index (χ2v) is 5.63. The van der Waals surface area contributed by atoms with Crippen LogP contribution < -0.4 is 0 Å². The van der Waals surface area contributed by atoms with E-state index in [0.717, 1.165) is 17.0 Å². The third-order valence-electron chi connectivity index (χ3n) is 3.34. The number of hydrogen-bond acceptors (Lipinski definition) is 4. The van der Waals surface area contributed by atoms with Crippen molar-refractivity contribution in [1.82, 2.24) is 14.8 Å². The Morgan fingerprint density at radius 1 is 1.63 bits per heavy atom. The van der Waals surface area contributed by atoms with E-state index in [1.54, 1.807) is 17.5 Å². The van der Waals surface area contributed by atoms with Crippen molar-refractivity contribution in [2.24, 2.45) is 0 Å². The number of rotatable bonds is 3. The Hall–Kier alpha value is -1.63. The van der Waals surface area contributed by atoms with E-state index >= 15 is 0 Å². The summed E-state index contributed by atoms with van der Waals surface area (Å²) in [7, 11) is 1.69. The molecule has 1 aliphatic rings. The van der Waals surface area contributed by atoms with Gasteiger partial charge in [-0.15, -0.1) is 11.3 Å². The molecule has 19 heavy (non-hydrogen) atoms. The first-order valence-electron chi connectivity index (χ1n) is 6.14. The zero-order chi connectivity index (χ0) is 14.0. The van der Waals surface area contributed by atoms with Crippen molar-refractivity contribution in [3.8, 4) is 0 Å². The second kappa shape index (κ2) is 5.56. The van der Waals surface area contributed by atoms with E-state index in [1.807, 2.05) is 6.92 Å². The quantitative estimate of drug-likeness (QED) is 0.913. The Bertz CT molecular complexity index is 488. The largest absolute Gasteiger partial charge is 0.480 e. The van der Waals surface area contributed by atoms with Gasteiger partial charge in [0.15, 0.2) is 0 Å². The second-order valence-electron chi connectivity index (χ2n) is 4.69. The Morgan fingerprint density at radius 3 is 2.95 bits per heavy atom. The number of carboxylic acids is 1. The summed E-state index contributed by atoms with van der Waals surface area (Å²) in [5.74, 6) is -0.923. The van der Waals surface area contributed by atoms with Gasteiger partial charge in [0.1, 0.15) is 6.04 Å². The summed E-state index contributed by atoms with van der Waals surface area (Å²) in [4.78, 5) is 31.5. The highest BCUT2D eigenvalue weighted by molar-refractivity contribution is 7.09. The van der Waals surface area contributed by atoms with Gasteiger partial charge in [-0.3, -0.25) is 0 Å². The molecule has 1 saturated heterocycles. The molecule has 2 amide bonds. The highest BCUT2D eigenvalue weighted by Crippen LogP contribution is 2.21. The molecule has 2 rings (SSSR count). The van der Waals surface area contributed by atoms with E-state index in [4.69, 9.17) is 5.11 Å². The lowest BCUT2D eigenvalue weighted by atomic mass is 10.2. The number of nitrogens with zero attached hydrogens (tertiary/aromatic N) is 3. The number of aromatic nitrogens is 1. The van der Waals surface area contributed by atoms with Crippen molar-refractivity contribution < 1.29 is 14.7 Å². The van der Waals surface area contributed by atoms with Crippen LogP contribution in [0.1, 0.15) is 23.4 Å².